The zero-order valence-corrected chi connectivity index (χ0v) is 26.4. The van der Waals surface area contributed by atoms with Gasteiger partial charge in [0.05, 0.1) is 17.8 Å². The van der Waals surface area contributed by atoms with Crippen LogP contribution in [0.5, 0.6) is 0 Å². The van der Waals surface area contributed by atoms with E-state index < -0.39 is 36.4 Å². The molecule has 45 heavy (non-hydrogen) atoms. The molecule has 0 radical (unpaired) electrons. The van der Waals surface area contributed by atoms with Crippen molar-refractivity contribution in [3.63, 3.8) is 0 Å². The highest BCUT2D eigenvalue weighted by Gasteiger charge is 2.33. The number of nitrogens with zero attached hydrogens (tertiary/aromatic N) is 2. The summed E-state index contributed by atoms with van der Waals surface area (Å²) < 4.78 is 6.00. The number of aromatic nitrogens is 1. The van der Waals surface area contributed by atoms with Gasteiger partial charge in [-0.15, -0.1) is 0 Å². The summed E-state index contributed by atoms with van der Waals surface area (Å²) in [5.74, 6) is -0.968. The number of hydrogen-bond acceptors (Lipinski definition) is 7. The molecule has 2 aromatic carbocycles. The lowest BCUT2D eigenvalue weighted by Gasteiger charge is -2.38. The molecule has 3 amide bonds. The van der Waals surface area contributed by atoms with E-state index in [9.17, 15) is 19.5 Å². The largest absolute Gasteiger partial charge is 0.367 e. The second kappa shape index (κ2) is 16.3. The van der Waals surface area contributed by atoms with Crippen molar-refractivity contribution in [3.05, 3.63) is 84.2 Å². The maximum absolute atomic E-state index is 13.4. The topological polar surface area (TPSA) is 133 Å². The van der Waals surface area contributed by atoms with Crippen LogP contribution in [0.4, 0.5) is 0 Å². The molecule has 3 aromatic rings. The van der Waals surface area contributed by atoms with Crippen molar-refractivity contribution in [3.8, 4) is 0 Å². The van der Waals surface area contributed by atoms with Crippen LogP contribution in [0.15, 0.2) is 67.4 Å². The zero-order chi connectivity index (χ0) is 32.3. The molecule has 2 heterocycles. The number of aliphatic hydroxyl groups is 1. The fourth-order valence-corrected chi connectivity index (χ4v) is 5.37. The quantitative estimate of drug-likeness (QED) is 0.200. The van der Waals surface area contributed by atoms with Crippen molar-refractivity contribution < 1.29 is 24.2 Å². The van der Waals surface area contributed by atoms with Crippen LogP contribution in [0, 0.1) is 0 Å². The van der Waals surface area contributed by atoms with Gasteiger partial charge in [-0.05, 0) is 67.8 Å². The molecule has 1 fully saturated rings. The minimum absolute atomic E-state index is 0.196. The van der Waals surface area contributed by atoms with Crippen LogP contribution in [-0.2, 0) is 25.5 Å². The molecular weight excluding hydrogens is 570 g/mol. The van der Waals surface area contributed by atoms with Gasteiger partial charge in [-0.25, -0.2) is 5.43 Å². The van der Waals surface area contributed by atoms with Crippen molar-refractivity contribution in [2.45, 2.75) is 89.8 Å². The normalized spacial score (nSPS) is 17.6. The molecular formula is C35H45N5O5. The average Bonchev–Trinajstić information content (AvgIpc) is 3.06. The Bertz CT molecular complexity index is 1470. The summed E-state index contributed by atoms with van der Waals surface area (Å²) in [5.41, 5.74) is 5.68. The first-order chi connectivity index (χ1) is 21.7. The molecule has 4 rings (SSSR count). The predicted octanol–water partition coefficient (Wildman–Crippen LogP) is 4.19. The van der Waals surface area contributed by atoms with Gasteiger partial charge in [-0.3, -0.25) is 24.4 Å². The van der Waals surface area contributed by atoms with Crippen LogP contribution in [0.3, 0.4) is 0 Å². The molecule has 5 atom stereocenters. The van der Waals surface area contributed by atoms with Crippen molar-refractivity contribution in [1.29, 1.82) is 0 Å². The van der Waals surface area contributed by atoms with Gasteiger partial charge in [-0.2, -0.15) is 0 Å². The van der Waals surface area contributed by atoms with Gasteiger partial charge < -0.3 is 20.5 Å². The summed E-state index contributed by atoms with van der Waals surface area (Å²) in [5, 5.41) is 20.0. The summed E-state index contributed by atoms with van der Waals surface area (Å²) in [6, 6.07) is 15.1. The molecule has 4 N–H and O–H groups in total. The fourth-order valence-electron chi connectivity index (χ4n) is 5.37. The minimum Gasteiger partial charge on any atom is -0.367 e. The second-order valence-electron chi connectivity index (χ2n) is 11.6. The van der Waals surface area contributed by atoms with E-state index in [1.807, 2.05) is 68.4 Å². The average molecular weight is 616 g/mol. The standard InChI is InChI=1S/C35H45N5O5/c1-5-7-15-32(41)38-31(19-25-12-9-8-10-13-25)33(42)37-23(3)34(43)40-18-11-14-30(39-40)35(44)45-24(4)26-16-17-27-22-36-29(6-2)21-28(27)20-26/h6,8-10,12-13,16-17,20-24,30-31,35,39,44H,2,5,7,11,14-15,18-19H2,1,3-4H3,(H,37,42)(H,38,41)/t23?,24-,30+,31+,35?/m1/s1. The van der Waals surface area contributed by atoms with E-state index in [0.29, 0.717) is 32.2 Å². The monoisotopic (exact) mass is 615 g/mol. The van der Waals surface area contributed by atoms with Crippen LogP contribution < -0.4 is 16.1 Å². The summed E-state index contributed by atoms with van der Waals surface area (Å²) in [4.78, 5) is 43.6. The number of hydrazine groups is 1. The Hall–Kier alpha value is -4.12. The van der Waals surface area contributed by atoms with E-state index in [0.717, 1.165) is 40.4 Å². The summed E-state index contributed by atoms with van der Waals surface area (Å²) in [6.45, 7) is 9.69. The van der Waals surface area contributed by atoms with E-state index in [1.54, 1.807) is 19.2 Å². The Kier molecular flexibility index (Phi) is 12.2. The van der Waals surface area contributed by atoms with Crippen molar-refractivity contribution in [1.82, 2.24) is 26.1 Å². The number of carbonyl (C=O) groups is 3. The lowest BCUT2D eigenvalue weighted by atomic mass is 10.0. The number of nitrogens with one attached hydrogen (secondary N) is 3. The van der Waals surface area contributed by atoms with E-state index in [1.165, 1.54) is 5.01 Å². The number of benzene rings is 2. The number of unbranched alkanes of at least 4 members (excludes halogenated alkanes) is 1. The van der Waals surface area contributed by atoms with Crippen molar-refractivity contribution in [2.24, 2.45) is 0 Å². The van der Waals surface area contributed by atoms with E-state index >= 15 is 0 Å². The maximum Gasteiger partial charge on any atom is 0.258 e. The number of pyridine rings is 1. The number of fused-ring (bicyclic) bond motifs is 1. The third-order valence-electron chi connectivity index (χ3n) is 8.04. The van der Waals surface area contributed by atoms with Crippen LogP contribution >= 0.6 is 0 Å². The molecule has 240 valence electrons. The first-order valence-electron chi connectivity index (χ1n) is 15.7. The molecule has 1 saturated heterocycles. The Balaban J connectivity index is 1.34. The predicted molar refractivity (Wildman–Crippen MR) is 174 cm³/mol. The molecule has 1 aromatic heterocycles. The van der Waals surface area contributed by atoms with Crippen molar-refractivity contribution >= 4 is 34.6 Å². The molecule has 1 aliphatic heterocycles. The highest BCUT2D eigenvalue weighted by atomic mass is 16.6. The Morgan fingerprint density at radius 1 is 1.13 bits per heavy atom. The second-order valence-corrected chi connectivity index (χ2v) is 11.6. The van der Waals surface area contributed by atoms with Gasteiger partial charge >= 0.3 is 0 Å². The Morgan fingerprint density at radius 2 is 1.91 bits per heavy atom. The van der Waals surface area contributed by atoms with E-state index in [-0.39, 0.29) is 11.8 Å². The first kappa shape index (κ1) is 33.8. The molecule has 10 nitrogen and oxygen atoms in total. The highest BCUT2D eigenvalue weighted by Crippen LogP contribution is 2.25. The molecule has 0 spiro atoms. The third kappa shape index (κ3) is 9.43. The molecule has 1 aliphatic rings. The molecule has 10 heteroatoms. The van der Waals surface area contributed by atoms with Crippen LogP contribution in [0.1, 0.15) is 75.8 Å². The van der Waals surface area contributed by atoms with Gasteiger partial charge in [-0.1, -0.05) is 62.4 Å². The smallest absolute Gasteiger partial charge is 0.258 e. The van der Waals surface area contributed by atoms with Gasteiger partial charge in [0.1, 0.15) is 12.1 Å². The highest BCUT2D eigenvalue weighted by molar-refractivity contribution is 5.92. The molecule has 0 saturated carbocycles. The summed E-state index contributed by atoms with van der Waals surface area (Å²) in [7, 11) is 0. The first-order valence-corrected chi connectivity index (χ1v) is 15.7. The number of carbonyl (C=O) groups excluding carboxylic acids is 3. The maximum atomic E-state index is 13.4. The van der Waals surface area contributed by atoms with Crippen LogP contribution in [0.25, 0.3) is 16.8 Å². The third-order valence-corrected chi connectivity index (χ3v) is 8.04. The molecule has 0 bridgehead atoms. The molecule has 0 aliphatic carbocycles. The summed E-state index contributed by atoms with van der Waals surface area (Å²) in [6.07, 6.45) is 5.40. The Labute approximate surface area is 265 Å². The van der Waals surface area contributed by atoms with Crippen LogP contribution in [0.2, 0.25) is 0 Å². The number of ether oxygens (including phenoxy) is 1. The minimum atomic E-state index is -1.18. The Morgan fingerprint density at radius 3 is 2.64 bits per heavy atom. The van der Waals surface area contributed by atoms with Crippen LogP contribution in [-0.4, -0.2) is 63.8 Å². The van der Waals surface area contributed by atoms with Crippen molar-refractivity contribution in [2.75, 3.05) is 6.54 Å². The summed E-state index contributed by atoms with van der Waals surface area (Å²) >= 11 is 0. The van der Waals surface area contributed by atoms with Gasteiger partial charge in [0.2, 0.25) is 11.8 Å². The fraction of sp³-hybridized carbons (Fsp3) is 0.429. The van der Waals surface area contributed by atoms with Gasteiger partial charge in [0.25, 0.3) is 5.91 Å². The number of hydrogen-bond donors (Lipinski definition) is 4. The lowest BCUT2D eigenvalue weighted by Crippen LogP contribution is -2.61. The molecule has 2 unspecified atom stereocenters. The van der Waals surface area contributed by atoms with E-state index in [4.69, 9.17) is 4.74 Å². The number of amides is 3. The number of rotatable bonds is 14. The van der Waals surface area contributed by atoms with Gasteiger partial charge in [0.15, 0.2) is 6.29 Å². The lowest BCUT2D eigenvalue weighted by molar-refractivity contribution is -0.171. The number of aliphatic hydroxyl groups excluding tert-OH is 1. The zero-order valence-electron chi connectivity index (χ0n) is 26.4. The van der Waals surface area contributed by atoms with Gasteiger partial charge in [0, 0.05) is 31.0 Å². The SMILES string of the molecule is C=Cc1cc2cc([C@@H](C)OC(O)[C@@H]3CCCN(C(=O)C(C)NC(=O)[C@H](Cc4ccccc4)NC(=O)CCCC)N3)ccc2cn1. The van der Waals surface area contributed by atoms with E-state index in [2.05, 4.69) is 27.6 Å².